The molecule has 0 spiro atoms. The Morgan fingerprint density at radius 2 is 1.94 bits per heavy atom. The standard InChI is InChI=1S/C14H21NO3/c1-4-5-15-13(17)9-18-14-10(2)6-12(8-16)7-11(14)3/h6-7,16H,4-5,8-9H2,1-3H3,(H,15,17). The van der Waals surface area contributed by atoms with Gasteiger partial charge in [-0.15, -0.1) is 0 Å². The molecule has 1 aromatic carbocycles. The van der Waals surface area contributed by atoms with Crippen molar-refractivity contribution >= 4 is 5.91 Å². The third kappa shape index (κ3) is 4.04. The van der Waals surface area contributed by atoms with E-state index in [1.807, 2.05) is 32.9 Å². The van der Waals surface area contributed by atoms with Gasteiger partial charge in [0.2, 0.25) is 0 Å². The lowest BCUT2D eigenvalue weighted by molar-refractivity contribution is -0.123. The number of amides is 1. The average molecular weight is 251 g/mol. The number of hydrogen-bond donors (Lipinski definition) is 2. The minimum Gasteiger partial charge on any atom is -0.483 e. The maximum atomic E-state index is 11.4. The van der Waals surface area contributed by atoms with Crippen molar-refractivity contribution in [3.8, 4) is 5.75 Å². The van der Waals surface area contributed by atoms with Crippen LogP contribution in [-0.4, -0.2) is 24.2 Å². The van der Waals surface area contributed by atoms with Crippen molar-refractivity contribution in [2.45, 2.75) is 33.8 Å². The van der Waals surface area contributed by atoms with Crippen molar-refractivity contribution in [2.24, 2.45) is 0 Å². The second-order valence-corrected chi connectivity index (χ2v) is 4.36. The Morgan fingerprint density at radius 3 is 2.44 bits per heavy atom. The van der Waals surface area contributed by atoms with Crippen LogP contribution in [0.3, 0.4) is 0 Å². The van der Waals surface area contributed by atoms with Gasteiger partial charge in [0.15, 0.2) is 6.61 Å². The van der Waals surface area contributed by atoms with Crippen molar-refractivity contribution in [2.75, 3.05) is 13.2 Å². The number of hydrogen-bond acceptors (Lipinski definition) is 3. The van der Waals surface area contributed by atoms with Gasteiger partial charge in [-0.3, -0.25) is 4.79 Å². The molecule has 0 heterocycles. The first kappa shape index (κ1) is 14.5. The SMILES string of the molecule is CCCNC(=O)COc1c(C)cc(CO)cc1C. The summed E-state index contributed by atoms with van der Waals surface area (Å²) in [7, 11) is 0. The molecule has 2 N–H and O–H groups in total. The third-order valence-electron chi connectivity index (χ3n) is 2.62. The number of ether oxygens (including phenoxy) is 1. The second kappa shape index (κ2) is 7.01. The number of carbonyl (C=O) groups excluding carboxylic acids is 1. The fraction of sp³-hybridized carbons (Fsp3) is 0.500. The van der Waals surface area contributed by atoms with E-state index in [1.165, 1.54) is 0 Å². The van der Waals surface area contributed by atoms with Gasteiger partial charge in [0.05, 0.1) is 6.61 Å². The number of aliphatic hydroxyl groups excluding tert-OH is 1. The molecule has 0 radical (unpaired) electrons. The maximum Gasteiger partial charge on any atom is 0.257 e. The first-order valence-corrected chi connectivity index (χ1v) is 6.19. The summed E-state index contributed by atoms with van der Waals surface area (Å²) in [5.41, 5.74) is 2.72. The van der Waals surface area contributed by atoms with Crippen LogP contribution in [0.25, 0.3) is 0 Å². The Labute approximate surface area is 108 Å². The van der Waals surface area contributed by atoms with Gasteiger partial charge in [-0.2, -0.15) is 0 Å². The third-order valence-corrected chi connectivity index (χ3v) is 2.62. The normalized spacial score (nSPS) is 10.2. The Bertz CT molecular complexity index is 392. The number of aryl methyl sites for hydroxylation is 2. The van der Waals surface area contributed by atoms with E-state index in [4.69, 9.17) is 9.84 Å². The highest BCUT2D eigenvalue weighted by Crippen LogP contribution is 2.24. The molecule has 0 bridgehead atoms. The predicted molar refractivity (Wildman–Crippen MR) is 70.6 cm³/mol. The van der Waals surface area contributed by atoms with Crippen molar-refractivity contribution < 1.29 is 14.6 Å². The van der Waals surface area contributed by atoms with Crippen LogP contribution in [0.1, 0.15) is 30.0 Å². The highest BCUT2D eigenvalue weighted by atomic mass is 16.5. The molecule has 0 aromatic heterocycles. The molecule has 4 nitrogen and oxygen atoms in total. The summed E-state index contributed by atoms with van der Waals surface area (Å²) in [5, 5.41) is 11.8. The van der Waals surface area contributed by atoms with E-state index in [0.29, 0.717) is 6.54 Å². The molecule has 18 heavy (non-hydrogen) atoms. The predicted octanol–water partition coefficient (Wildman–Crippen LogP) is 1.70. The topological polar surface area (TPSA) is 58.6 Å². The minimum absolute atomic E-state index is 0.0128. The van der Waals surface area contributed by atoms with E-state index in [1.54, 1.807) is 0 Å². The van der Waals surface area contributed by atoms with Crippen LogP contribution in [0.5, 0.6) is 5.75 Å². The van der Waals surface area contributed by atoms with E-state index < -0.39 is 0 Å². The summed E-state index contributed by atoms with van der Waals surface area (Å²) >= 11 is 0. The molecule has 0 atom stereocenters. The van der Waals surface area contributed by atoms with E-state index in [-0.39, 0.29) is 19.1 Å². The fourth-order valence-corrected chi connectivity index (χ4v) is 1.81. The summed E-state index contributed by atoms with van der Waals surface area (Å²) in [5.74, 6) is 0.612. The van der Waals surface area contributed by atoms with Crippen LogP contribution in [0, 0.1) is 13.8 Å². The summed E-state index contributed by atoms with van der Waals surface area (Å²) < 4.78 is 5.53. The molecule has 0 fully saturated rings. The molecule has 1 rings (SSSR count). The van der Waals surface area contributed by atoms with Crippen molar-refractivity contribution in [3.05, 3.63) is 28.8 Å². The summed E-state index contributed by atoms with van der Waals surface area (Å²) in [4.78, 5) is 11.4. The van der Waals surface area contributed by atoms with Crippen LogP contribution < -0.4 is 10.1 Å². The largest absolute Gasteiger partial charge is 0.483 e. The van der Waals surface area contributed by atoms with Crippen LogP contribution >= 0.6 is 0 Å². The lowest BCUT2D eigenvalue weighted by atomic mass is 10.1. The highest BCUT2D eigenvalue weighted by molar-refractivity contribution is 5.77. The molecule has 1 amide bonds. The van der Waals surface area contributed by atoms with E-state index in [2.05, 4.69) is 5.32 Å². The lowest BCUT2D eigenvalue weighted by Gasteiger charge is -2.13. The maximum absolute atomic E-state index is 11.4. The van der Waals surface area contributed by atoms with Gasteiger partial charge in [-0.1, -0.05) is 19.1 Å². The molecule has 0 aliphatic heterocycles. The van der Waals surface area contributed by atoms with Crippen molar-refractivity contribution in [3.63, 3.8) is 0 Å². The molecular weight excluding hydrogens is 230 g/mol. The molecular formula is C14H21NO3. The van der Waals surface area contributed by atoms with Crippen molar-refractivity contribution in [1.29, 1.82) is 0 Å². The van der Waals surface area contributed by atoms with E-state index in [9.17, 15) is 4.79 Å². The van der Waals surface area contributed by atoms with Gasteiger partial charge >= 0.3 is 0 Å². The zero-order valence-corrected chi connectivity index (χ0v) is 11.2. The van der Waals surface area contributed by atoms with Crippen LogP contribution in [0.2, 0.25) is 0 Å². The monoisotopic (exact) mass is 251 g/mol. The molecule has 0 saturated carbocycles. The zero-order chi connectivity index (χ0) is 13.5. The van der Waals surface area contributed by atoms with Gasteiger partial charge in [0.1, 0.15) is 5.75 Å². The summed E-state index contributed by atoms with van der Waals surface area (Å²) in [6.07, 6.45) is 0.912. The minimum atomic E-state index is -0.109. The number of benzene rings is 1. The van der Waals surface area contributed by atoms with Crippen molar-refractivity contribution in [1.82, 2.24) is 5.32 Å². The van der Waals surface area contributed by atoms with Gasteiger partial charge in [0.25, 0.3) is 5.91 Å². The first-order chi connectivity index (χ1) is 8.58. The van der Waals surface area contributed by atoms with Gasteiger partial charge in [0, 0.05) is 6.54 Å². The van der Waals surface area contributed by atoms with Gasteiger partial charge in [-0.25, -0.2) is 0 Å². The molecule has 0 aliphatic rings. The average Bonchev–Trinajstić information content (AvgIpc) is 2.34. The zero-order valence-electron chi connectivity index (χ0n) is 11.2. The number of aliphatic hydroxyl groups is 1. The van der Waals surface area contributed by atoms with Crippen LogP contribution in [0.4, 0.5) is 0 Å². The Hall–Kier alpha value is -1.55. The molecule has 100 valence electrons. The number of nitrogens with one attached hydrogen (secondary N) is 1. The molecule has 1 aromatic rings. The molecule has 0 aliphatic carbocycles. The lowest BCUT2D eigenvalue weighted by Crippen LogP contribution is -2.29. The number of carbonyl (C=O) groups is 1. The molecule has 0 saturated heterocycles. The van der Waals surface area contributed by atoms with Gasteiger partial charge < -0.3 is 15.2 Å². The summed E-state index contributed by atoms with van der Waals surface area (Å²) in [6.45, 7) is 6.53. The van der Waals surface area contributed by atoms with E-state index >= 15 is 0 Å². The first-order valence-electron chi connectivity index (χ1n) is 6.19. The Balaban J connectivity index is 2.65. The van der Waals surface area contributed by atoms with Crippen LogP contribution in [0.15, 0.2) is 12.1 Å². The highest BCUT2D eigenvalue weighted by Gasteiger charge is 2.08. The fourth-order valence-electron chi connectivity index (χ4n) is 1.81. The second-order valence-electron chi connectivity index (χ2n) is 4.36. The Morgan fingerprint density at radius 1 is 1.33 bits per heavy atom. The molecule has 0 unspecified atom stereocenters. The Kier molecular flexibility index (Phi) is 5.65. The smallest absolute Gasteiger partial charge is 0.257 e. The quantitative estimate of drug-likeness (QED) is 0.809. The van der Waals surface area contributed by atoms with Crippen LogP contribution in [-0.2, 0) is 11.4 Å². The van der Waals surface area contributed by atoms with E-state index in [0.717, 1.165) is 28.9 Å². The molecule has 4 heteroatoms. The van der Waals surface area contributed by atoms with Gasteiger partial charge in [-0.05, 0) is 37.0 Å². The summed E-state index contributed by atoms with van der Waals surface area (Å²) in [6, 6.07) is 3.73. The number of rotatable bonds is 6.